The van der Waals surface area contributed by atoms with E-state index in [1.165, 1.54) is 0 Å². The van der Waals surface area contributed by atoms with E-state index in [-0.39, 0.29) is 0 Å². The number of aliphatic hydroxyl groups is 2. The van der Waals surface area contributed by atoms with Crippen molar-refractivity contribution in [2.75, 3.05) is 0 Å². The molecule has 0 aromatic rings. The number of rotatable bonds is 0. The molecule has 1 fully saturated rings. The van der Waals surface area contributed by atoms with Gasteiger partial charge in [0, 0.05) is 5.57 Å². The number of carbonyl (C=O) groups excluding carboxylic acids is 1. The molecule has 1 aliphatic carbocycles. The predicted octanol–water partition coefficient (Wildman–Crippen LogP) is 1.49. The fourth-order valence-electron chi connectivity index (χ4n) is 2.59. The Hall–Kier alpha value is -1.39. The highest BCUT2D eigenvalue weighted by molar-refractivity contribution is 5.91. The van der Waals surface area contributed by atoms with E-state index in [1.807, 2.05) is 13.8 Å². The second kappa shape index (κ2) is 5.31. The summed E-state index contributed by atoms with van der Waals surface area (Å²) in [6.45, 7) is 7.43. The summed E-state index contributed by atoms with van der Waals surface area (Å²) in [5, 5.41) is 20.3. The van der Waals surface area contributed by atoms with Crippen LogP contribution in [0.25, 0.3) is 0 Å². The number of aliphatic hydroxyl groups excluding tert-OH is 2. The third kappa shape index (κ3) is 2.80. The molecule has 0 amide bonds. The predicted molar refractivity (Wildman–Crippen MR) is 71.3 cm³/mol. The maximum Gasteiger partial charge on any atom is 0.334 e. The highest BCUT2D eigenvalue weighted by Gasteiger charge is 2.41. The van der Waals surface area contributed by atoms with Crippen LogP contribution >= 0.6 is 0 Å². The van der Waals surface area contributed by atoms with Gasteiger partial charge in [0.1, 0.15) is 6.10 Å². The molecule has 0 unspecified atom stereocenters. The third-order valence-electron chi connectivity index (χ3n) is 3.85. The first-order valence-electron chi connectivity index (χ1n) is 6.51. The monoisotopic (exact) mass is 264 g/mol. The Morgan fingerprint density at radius 2 is 2.00 bits per heavy atom. The van der Waals surface area contributed by atoms with E-state index in [0.717, 1.165) is 11.1 Å². The van der Waals surface area contributed by atoms with Gasteiger partial charge in [0.25, 0.3) is 0 Å². The Morgan fingerprint density at radius 1 is 1.32 bits per heavy atom. The Balaban J connectivity index is 2.39. The van der Waals surface area contributed by atoms with Gasteiger partial charge in [-0.3, -0.25) is 0 Å². The van der Waals surface area contributed by atoms with Gasteiger partial charge in [-0.15, -0.1) is 0 Å². The number of esters is 1. The molecule has 2 aliphatic rings. The molecule has 104 valence electrons. The van der Waals surface area contributed by atoms with Crippen LogP contribution in [0.1, 0.15) is 26.7 Å². The smallest absolute Gasteiger partial charge is 0.334 e. The van der Waals surface area contributed by atoms with Crippen LogP contribution in [0.15, 0.2) is 35.5 Å². The first-order valence-corrected chi connectivity index (χ1v) is 6.51. The lowest BCUT2D eigenvalue weighted by Crippen LogP contribution is -2.28. The van der Waals surface area contributed by atoms with Crippen molar-refractivity contribution in [2.45, 2.75) is 45.0 Å². The lowest BCUT2D eigenvalue weighted by Gasteiger charge is -2.22. The molecule has 1 heterocycles. The summed E-state index contributed by atoms with van der Waals surface area (Å²) < 4.78 is 5.22. The molecular formula is C15H20O4. The summed E-state index contributed by atoms with van der Waals surface area (Å²) in [7, 11) is 0. The largest absolute Gasteiger partial charge is 0.454 e. The van der Waals surface area contributed by atoms with Gasteiger partial charge >= 0.3 is 5.97 Å². The Bertz CT molecular complexity index is 461. The fraction of sp³-hybridized carbons (Fsp3) is 0.533. The zero-order valence-corrected chi connectivity index (χ0v) is 11.3. The van der Waals surface area contributed by atoms with Crippen molar-refractivity contribution in [3.05, 3.63) is 35.5 Å². The van der Waals surface area contributed by atoms with E-state index >= 15 is 0 Å². The van der Waals surface area contributed by atoms with Crippen LogP contribution in [0.4, 0.5) is 0 Å². The lowest BCUT2D eigenvalue weighted by atomic mass is 9.86. The minimum atomic E-state index is -0.789. The number of allylic oxidation sites excluding steroid dienone is 1. The molecule has 4 atom stereocenters. The van der Waals surface area contributed by atoms with Gasteiger partial charge in [-0.25, -0.2) is 4.79 Å². The van der Waals surface area contributed by atoms with E-state index in [2.05, 4.69) is 6.58 Å². The van der Waals surface area contributed by atoms with Crippen molar-refractivity contribution in [2.24, 2.45) is 5.92 Å². The second-order valence-corrected chi connectivity index (χ2v) is 5.39. The van der Waals surface area contributed by atoms with Crippen LogP contribution < -0.4 is 0 Å². The van der Waals surface area contributed by atoms with Crippen molar-refractivity contribution in [3.8, 4) is 0 Å². The maximum atomic E-state index is 11.6. The Morgan fingerprint density at radius 3 is 2.68 bits per heavy atom. The second-order valence-electron chi connectivity index (χ2n) is 5.39. The maximum absolute atomic E-state index is 11.6. The first kappa shape index (κ1) is 14.0. The lowest BCUT2D eigenvalue weighted by molar-refractivity contribution is -0.137. The fourth-order valence-corrected chi connectivity index (χ4v) is 2.59. The van der Waals surface area contributed by atoms with Crippen LogP contribution in [0, 0.1) is 5.92 Å². The molecule has 4 nitrogen and oxygen atoms in total. The molecular weight excluding hydrogens is 244 g/mol. The average molecular weight is 264 g/mol. The molecule has 0 radical (unpaired) electrons. The molecule has 0 bridgehead atoms. The molecule has 1 aliphatic heterocycles. The van der Waals surface area contributed by atoms with Gasteiger partial charge in [0.15, 0.2) is 0 Å². The van der Waals surface area contributed by atoms with E-state index in [1.54, 1.807) is 12.2 Å². The summed E-state index contributed by atoms with van der Waals surface area (Å²) >= 11 is 0. The molecule has 0 spiro atoms. The van der Waals surface area contributed by atoms with Gasteiger partial charge < -0.3 is 14.9 Å². The summed E-state index contributed by atoms with van der Waals surface area (Å²) in [6.07, 6.45) is 2.88. The topological polar surface area (TPSA) is 66.8 Å². The summed E-state index contributed by atoms with van der Waals surface area (Å²) in [5.41, 5.74) is 2.05. The van der Waals surface area contributed by atoms with Crippen molar-refractivity contribution in [1.29, 1.82) is 0 Å². The van der Waals surface area contributed by atoms with Crippen molar-refractivity contribution >= 4 is 5.97 Å². The molecule has 2 N–H and O–H groups in total. The number of fused-ring (bicyclic) bond motifs is 1. The summed E-state index contributed by atoms with van der Waals surface area (Å²) in [5.74, 6) is -0.944. The average Bonchev–Trinajstić information content (AvgIpc) is 2.60. The van der Waals surface area contributed by atoms with Crippen LogP contribution in [0.5, 0.6) is 0 Å². The minimum absolute atomic E-state index is 0.292. The molecule has 1 saturated heterocycles. The standard InChI is InChI=1S/C15H20O4/c1-8-4-5-11(16)9(2)7-13-14(12(17)6-8)10(3)15(18)19-13/h6-7,11-14,16-17H,3-5H2,1-2H3/b8-6+,9-7+/t11-,12-,13-,14-/m0/s1. The van der Waals surface area contributed by atoms with Crippen LogP contribution in [0.3, 0.4) is 0 Å². The number of carbonyl (C=O) groups is 1. The quantitative estimate of drug-likeness (QED) is 0.395. The molecule has 0 aromatic heterocycles. The molecule has 19 heavy (non-hydrogen) atoms. The third-order valence-corrected chi connectivity index (χ3v) is 3.85. The zero-order chi connectivity index (χ0) is 14.2. The number of ether oxygens (including phenoxy) is 1. The van der Waals surface area contributed by atoms with E-state index in [4.69, 9.17) is 4.74 Å². The van der Waals surface area contributed by atoms with Gasteiger partial charge in [0.05, 0.1) is 18.1 Å². The molecule has 2 rings (SSSR count). The molecule has 0 aromatic carbocycles. The SMILES string of the molecule is C=C1C(=O)O[C@H]2/C=C(\C)[C@@H](O)CC/C(C)=C/[C@H](O)[C@H]12. The van der Waals surface area contributed by atoms with Crippen LogP contribution in [-0.4, -0.2) is 34.5 Å². The van der Waals surface area contributed by atoms with E-state index < -0.39 is 30.2 Å². The Labute approximate surface area is 113 Å². The van der Waals surface area contributed by atoms with Crippen LogP contribution in [0.2, 0.25) is 0 Å². The highest BCUT2D eigenvalue weighted by atomic mass is 16.6. The summed E-state index contributed by atoms with van der Waals surface area (Å²) in [4.78, 5) is 11.6. The highest BCUT2D eigenvalue weighted by Crippen LogP contribution is 2.33. The van der Waals surface area contributed by atoms with Crippen molar-refractivity contribution in [1.82, 2.24) is 0 Å². The van der Waals surface area contributed by atoms with Gasteiger partial charge in [-0.05, 0) is 38.3 Å². The Kier molecular flexibility index (Phi) is 3.92. The minimum Gasteiger partial charge on any atom is -0.454 e. The zero-order valence-electron chi connectivity index (χ0n) is 11.3. The number of hydrogen-bond acceptors (Lipinski definition) is 4. The van der Waals surface area contributed by atoms with Crippen LogP contribution in [-0.2, 0) is 9.53 Å². The van der Waals surface area contributed by atoms with Crippen molar-refractivity contribution in [3.63, 3.8) is 0 Å². The normalized spacial score (nSPS) is 41.7. The van der Waals surface area contributed by atoms with Gasteiger partial charge in [0.2, 0.25) is 0 Å². The first-order chi connectivity index (χ1) is 8.90. The van der Waals surface area contributed by atoms with E-state index in [0.29, 0.717) is 18.4 Å². The van der Waals surface area contributed by atoms with Gasteiger partial charge in [-0.2, -0.15) is 0 Å². The van der Waals surface area contributed by atoms with E-state index in [9.17, 15) is 15.0 Å². The number of hydrogen-bond donors (Lipinski definition) is 2. The van der Waals surface area contributed by atoms with Crippen molar-refractivity contribution < 1.29 is 19.7 Å². The molecule has 0 saturated carbocycles. The molecule has 4 heteroatoms. The summed E-state index contributed by atoms with van der Waals surface area (Å²) in [6, 6.07) is 0. The van der Waals surface area contributed by atoms with Gasteiger partial charge in [-0.1, -0.05) is 18.2 Å².